The van der Waals surface area contributed by atoms with Crippen LogP contribution in [0.5, 0.6) is 0 Å². The van der Waals surface area contributed by atoms with E-state index in [0.29, 0.717) is 6.42 Å². The van der Waals surface area contributed by atoms with E-state index in [-0.39, 0.29) is 33.2 Å². The fourth-order valence-corrected chi connectivity index (χ4v) is 3.50. The van der Waals surface area contributed by atoms with Crippen LogP contribution in [0.1, 0.15) is 22.3 Å². The number of hydrogen-bond acceptors (Lipinski definition) is 3. The van der Waals surface area contributed by atoms with E-state index in [0.717, 1.165) is 0 Å². The molecule has 12 heteroatoms. The van der Waals surface area contributed by atoms with E-state index in [1.807, 2.05) is 0 Å². The van der Waals surface area contributed by atoms with Gasteiger partial charge in [-0.25, -0.2) is 0 Å². The third kappa shape index (κ3) is 5.46. The van der Waals surface area contributed by atoms with E-state index in [1.165, 1.54) is 43.3 Å². The molecule has 1 fully saturated rings. The second-order valence-corrected chi connectivity index (χ2v) is 9.04. The maximum atomic E-state index is 12.7. The first kappa shape index (κ1) is 24.2. The highest BCUT2D eigenvalue weighted by atomic mass is 35.5. The Morgan fingerprint density at radius 3 is 2.19 bits per heavy atom. The molecule has 6 nitrogen and oxygen atoms in total. The van der Waals surface area contributed by atoms with Crippen LogP contribution in [-0.4, -0.2) is 28.2 Å². The Kier molecular flexibility index (Phi) is 6.65. The van der Waals surface area contributed by atoms with E-state index in [9.17, 15) is 27.6 Å². The number of amides is 3. The van der Waals surface area contributed by atoms with Gasteiger partial charge in [-0.05, 0) is 49.2 Å². The molecule has 3 rings (SSSR count). The van der Waals surface area contributed by atoms with Gasteiger partial charge in [0, 0.05) is 17.1 Å². The van der Waals surface area contributed by atoms with Crippen molar-refractivity contribution in [2.75, 3.05) is 16.0 Å². The zero-order valence-electron chi connectivity index (χ0n) is 16.2. The van der Waals surface area contributed by atoms with Gasteiger partial charge in [0.1, 0.15) is 4.33 Å². The summed E-state index contributed by atoms with van der Waals surface area (Å²) in [6.45, 7) is 1.43. The zero-order chi connectivity index (χ0) is 23.8. The third-order valence-corrected chi connectivity index (χ3v) is 5.87. The number of nitrogens with one attached hydrogen (secondary N) is 3. The Bertz CT molecular complexity index is 1110. The van der Waals surface area contributed by atoms with Gasteiger partial charge in [0.05, 0.1) is 16.5 Å². The molecule has 0 heterocycles. The monoisotopic (exact) mass is 507 g/mol. The molecule has 0 unspecified atom stereocenters. The molecule has 3 N–H and O–H groups in total. The molecule has 1 atom stereocenters. The van der Waals surface area contributed by atoms with Crippen LogP contribution < -0.4 is 16.0 Å². The molecule has 1 saturated carbocycles. The summed E-state index contributed by atoms with van der Waals surface area (Å²) in [5, 5.41) is 6.98. The smallest absolute Gasteiger partial charge is 0.326 e. The van der Waals surface area contributed by atoms with Crippen LogP contribution >= 0.6 is 34.8 Å². The minimum atomic E-state index is -5.06. The van der Waals surface area contributed by atoms with Crippen molar-refractivity contribution < 1.29 is 27.6 Å². The van der Waals surface area contributed by atoms with Crippen LogP contribution in [0.4, 0.5) is 30.2 Å². The number of halogens is 6. The highest BCUT2D eigenvalue weighted by molar-refractivity contribution is 6.52. The highest BCUT2D eigenvalue weighted by Gasteiger charge is 2.56. The summed E-state index contributed by atoms with van der Waals surface area (Å²) in [6.07, 6.45) is -4.75. The van der Waals surface area contributed by atoms with Crippen molar-refractivity contribution in [2.24, 2.45) is 5.92 Å². The van der Waals surface area contributed by atoms with Crippen molar-refractivity contribution in [3.8, 4) is 0 Å². The first-order valence-electron chi connectivity index (χ1n) is 9.07. The molecular formula is C20H15Cl3F3N3O3. The number of anilines is 3. The molecule has 2 aromatic rings. The van der Waals surface area contributed by atoms with Crippen LogP contribution in [0.25, 0.3) is 0 Å². The molecule has 0 radical (unpaired) electrons. The lowest BCUT2D eigenvalue weighted by Gasteiger charge is -2.15. The maximum absolute atomic E-state index is 12.7. The van der Waals surface area contributed by atoms with Gasteiger partial charge in [-0.15, -0.1) is 23.2 Å². The normalized spacial score (nSPS) is 16.8. The zero-order valence-corrected chi connectivity index (χ0v) is 18.5. The van der Waals surface area contributed by atoms with E-state index in [2.05, 4.69) is 10.6 Å². The number of rotatable bonds is 5. The minimum Gasteiger partial charge on any atom is -0.326 e. The molecule has 32 heavy (non-hydrogen) atoms. The Labute approximate surface area is 195 Å². The number of alkyl halides is 5. The second-order valence-electron chi connectivity index (χ2n) is 7.09. The first-order chi connectivity index (χ1) is 14.8. The summed E-state index contributed by atoms with van der Waals surface area (Å²) in [7, 11) is 0. The molecule has 0 saturated heterocycles. The Hall–Kier alpha value is -2.49. The van der Waals surface area contributed by atoms with Gasteiger partial charge in [0.25, 0.3) is 5.91 Å². The average molecular weight is 509 g/mol. The second kappa shape index (κ2) is 8.80. The number of carbonyl (C=O) groups is 3. The van der Waals surface area contributed by atoms with Crippen LogP contribution in [0.15, 0.2) is 36.4 Å². The average Bonchev–Trinajstić information content (AvgIpc) is 3.34. The van der Waals surface area contributed by atoms with Crippen LogP contribution in [0.3, 0.4) is 0 Å². The van der Waals surface area contributed by atoms with Gasteiger partial charge in [-0.2, -0.15) is 13.2 Å². The predicted octanol–water partition coefficient (Wildman–Crippen LogP) is 5.53. The fraction of sp³-hybridized carbons (Fsp3) is 0.250. The van der Waals surface area contributed by atoms with Gasteiger partial charge in [0.2, 0.25) is 5.91 Å². The van der Waals surface area contributed by atoms with Gasteiger partial charge in [0.15, 0.2) is 0 Å². The molecule has 0 bridgehead atoms. The number of carbonyl (C=O) groups excluding carboxylic acids is 3. The molecule has 0 aromatic heterocycles. The standard InChI is InChI=1S/C20H15Cl3F3N3O3/c1-9-14(3-2-4-15(9)29-18(32)20(24,25)26)28-16(30)11-7-10(5-6-13(11)21)27-17(31)12-8-19(12,22)23/h2-7,12H,8H2,1H3,(H,27,31)(H,28,30)(H,29,32)/t12-/m1/s1. The minimum absolute atomic E-state index is 0.00686. The van der Waals surface area contributed by atoms with Gasteiger partial charge in [-0.3, -0.25) is 14.4 Å². The van der Waals surface area contributed by atoms with Crippen molar-refractivity contribution in [1.82, 2.24) is 0 Å². The van der Waals surface area contributed by atoms with Crippen molar-refractivity contribution in [3.63, 3.8) is 0 Å². The fourth-order valence-electron chi connectivity index (χ4n) is 2.79. The van der Waals surface area contributed by atoms with Crippen molar-refractivity contribution in [2.45, 2.75) is 23.9 Å². The molecule has 3 amide bonds. The van der Waals surface area contributed by atoms with E-state index >= 15 is 0 Å². The lowest BCUT2D eigenvalue weighted by molar-refractivity contribution is -0.167. The van der Waals surface area contributed by atoms with E-state index in [4.69, 9.17) is 34.8 Å². The van der Waals surface area contributed by atoms with Crippen LogP contribution in [0, 0.1) is 12.8 Å². The van der Waals surface area contributed by atoms with Crippen molar-refractivity contribution in [1.29, 1.82) is 0 Å². The predicted molar refractivity (Wildman–Crippen MR) is 116 cm³/mol. The van der Waals surface area contributed by atoms with Gasteiger partial charge < -0.3 is 16.0 Å². The summed E-state index contributed by atoms with van der Waals surface area (Å²) in [5.41, 5.74) is 0.532. The van der Waals surface area contributed by atoms with Gasteiger partial charge >= 0.3 is 12.1 Å². The highest BCUT2D eigenvalue weighted by Crippen LogP contribution is 2.53. The molecule has 0 spiro atoms. The molecule has 2 aromatic carbocycles. The number of hydrogen-bond donors (Lipinski definition) is 3. The SMILES string of the molecule is Cc1c(NC(=O)c2cc(NC(=O)[C@H]3CC3(Cl)Cl)ccc2Cl)cccc1NC(=O)C(F)(F)F. The molecule has 170 valence electrons. The Morgan fingerprint density at radius 1 is 1.03 bits per heavy atom. The largest absolute Gasteiger partial charge is 0.471 e. The van der Waals surface area contributed by atoms with Crippen molar-refractivity contribution in [3.05, 3.63) is 52.5 Å². The first-order valence-corrected chi connectivity index (χ1v) is 10.2. The maximum Gasteiger partial charge on any atom is 0.471 e. The molecule has 1 aliphatic rings. The van der Waals surface area contributed by atoms with E-state index < -0.39 is 34.1 Å². The Balaban J connectivity index is 1.76. The topological polar surface area (TPSA) is 87.3 Å². The quantitative estimate of drug-likeness (QED) is 0.464. The summed E-state index contributed by atoms with van der Waals surface area (Å²) in [5.74, 6) is -3.79. The third-order valence-electron chi connectivity index (χ3n) is 4.71. The van der Waals surface area contributed by atoms with Crippen molar-refractivity contribution >= 4 is 69.6 Å². The summed E-state index contributed by atoms with van der Waals surface area (Å²) < 4.78 is 36.5. The summed E-state index contributed by atoms with van der Waals surface area (Å²) >= 11 is 17.9. The molecule has 0 aliphatic heterocycles. The lowest BCUT2D eigenvalue weighted by Crippen LogP contribution is -2.30. The van der Waals surface area contributed by atoms with Crippen LogP contribution in [-0.2, 0) is 9.59 Å². The molecular weight excluding hydrogens is 494 g/mol. The Morgan fingerprint density at radius 2 is 1.62 bits per heavy atom. The summed E-state index contributed by atoms with van der Waals surface area (Å²) in [6, 6.07) is 8.31. The summed E-state index contributed by atoms with van der Waals surface area (Å²) in [4.78, 5) is 36.1. The lowest BCUT2D eigenvalue weighted by atomic mass is 10.1. The van der Waals surface area contributed by atoms with E-state index in [1.54, 1.807) is 5.32 Å². The van der Waals surface area contributed by atoms with Crippen LogP contribution in [0.2, 0.25) is 5.02 Å². The molecule has 1 aliphatic carbocycles. The van der Waals surface area contributed by atoms with Gasteiger partial charge in [-0.1, -0.05) is 17.7 Å². The number of benzene rings is 2.